The Morgan fingerprint density at radius 3 is 2.50 bits per heavy atom. The van der Waals surface area contributed by atoms with Crippen LogP contribution < -0.4 is 0 Å². The van der Waals surface area contributed by atoms with E-state index < -0.39 is 23.6 Å². The van der Waals surface area contributed by atoms with Crippen LogP contribution in [0.15, 0.2) is 36.4 Å². The number of carbonyl (C=O) groups is 2. The van der Waals surface area contributed by atoms with Gasteiger partial charge in [-0.3, -0.25) is 14.2 Å². The number of fused-ring (bicyclic) bond motifs is 1. The van der Waals surface area contributed by atoms with Gasteiger partial charge in [0.05, 0.1) is 16.5 Å². The van der Waals surface area contributed by atoms with Crippen LogP contribution in [0, 0.1) is 12.7 Å². The highest BCUT2D eigenvalue weighted by molar-refractivity contribution is 6.30. The molecule has 2 N–H and O–H groups in total. The molecule has 0 aliphatic heterocycles. The summed E-state index contributed by atoms with van der Waals surface area (Å²) in [6, 6.07) is 8.08. The zero-order valence-corrected chi connectivity index (χ0v) is 14.7. The van der Waals surface area contributed by atoms with E-state index in [1.807, 2.05) is 0 Å². The first-order chi connectivity index (χ1) is 12.2. The monoisotopic (exact) mass is 375 g/mol. The van der Waals surface area contributed by atoms with E-state index in [1.165, 1.54) is 41.8 Å². The van der Waals surface area contributed by atoms with Crippen LogP contribution in [-0.4, -0.2) is 26.7 Å². The van der Waals surface area contributed by atoms with Crippen LogP contribution in [0.3, 0.4) is 0 Å². The molecule has 1 atom stereocenters. The van der Waals surface area contributed by atoms with E-state index in [-0.39, 0.29) is 16.3 Å². The van der Waals surface area contributed by atoms with Crippen molar-refractivity contribution >= 4 is 34.4 Å². The van der Waals surface area contributed by atoms with Gasteiger partial charge in [-0.25, -0.2) is 4.39 Å². The molecule has 7 heteroatoms. The molecule has 3 rings (SSSR count). The summed E-state index contributed by atoms with van der Waals surface area (Å²) in [7, 11) is 0. The zero-order chi connectivity index (χ0) is 19.2. The Kier molecular flexibility index (Phi) is 4.46. The van der Waals surface area contributed by atoms with Gasteiger partial charge >= 0.3 is 5.97 Å². The van der Waals surface area contributed by atoms with Gasteiger partial charge in [0.15, 0.2) is 0 Å². The summed E-state index contributed by atoms with van der Waals surface area (Å²) in [5, 5.41) is 19.6. The second-order valence-electron chi connectivity index (χ2n) is 6.03. The maximum absolute atomic E-state index is 13.8. The molecule has 134 valence electrons. The number of hydrogen-bond acceptors (Lipinski definition) is 3. The van der Waals surface area contributed by atoms with Crippen molar-refractivity contribution in [3.63, 3.8) is 0 Å². The SMILES string of the molecule is Cc1c([C@H](C)C(=O)O)c2cc(O)ccc2n1C(=O)c1ccc(Cl)c(F)c1. The van der Waals surface area contributed by atoms with Crippen LogP contribution in [-0.2, 0) is 4.79 Å². The summed E-state index contributed by atoms with van der Waals surface area (Å²) < 4.78 is 15.1. The highest BCUT2D eigenvalue weighted by Crippen LogP contribution is 2.34. The molecule has 1 heterocycles. The molecule has 0 unspecified atom stereocenters. The first-order valence-corrected chi connectivity index (χ1v) is 8.16. The maximum atomic E-state index is 13.8. The average molecular weight is 376 g/mol. The van der Waals surface area contributed by atoms with Crippen LogP contribution in [0.1, 0.15) is 34.5 Å². The minimum atomic E-state index is -1.06. The van der Waals surface area contributed by atoms with Gasteiger partial charge in [0.1, 0.15) is 11.6 Å². The van der Waals surface area contributed by atoms with Crippen molar-refractivity contribution in [1.29, 1.82) is 0 Å². The minimum absolute atomic E-state index is 0.0431. The molecule has 3 aromatic rings. The van der Waals surface area contributed by atoms with Gasteiger partial charge in [0, 0.05) is 16.6 Å². The number of aromatic hydroxyl groups is 1. The summed E-state index contributed by atoms with van der Waals surface area (Å²) in [4.78, 5) is 24.5. The maximum Gasteiger partial charge on any atom is 0.310 e. The molecule has 0 saturated carbocycles. The van der Waals surface area contributed by atoms with E-state index in [0.29, 0.717) is 22.2 Å². The fraction of sp³-hybridized carbons (Fsp3) is 0.158. The molecule has 5 nitrogen and oxygen atoms in total. The Labute approximate surface area is 153 Å². The Bertz CT molecular complexity index is 1060. The largest absolute Gasteiger partial charge is 0.508 e. The van der Waals surface area contributed by atoms with Crippen molar-refractivity contribution in [3.05, 3.63) is 64.1 Å². The van der Waals surface area contributed by atoms with Crippen LogP contribution in [0.4, 0.5) is 4.39 Å². The van der Waals surface area contributed by atoms with Gasteiger partial charge in [0.2, 0.25) is 0 Å². The van der Waals surface area contributed by atoms with Crippen LogP contribution in [0.2, 0.25) is 5.02 Å². The van der Waals surface area contributed by atoms with E-state index in [0.717, 1.165) is 6.07 Å². The number of aromatic nitrogens is 1. The third-order valence-electron chi connectivity index (χ3n) is 4.41. The summed E-state index contributed by atoms with van der Waals surface area (Å²) in [6.07, 6.45) is 0. The van der Waals surface area contributed by atoms with E-state index in [2.05, 4.69) is 0 Å². The number of nitrogens with zero attached hydrogens (tertiary/aromatic N) is 1. The zero-order valence-electron chi connectivity index (χ0n) is 14.0. The quantitative estimate of drug-likeness (QED) is 0.714. The number of hydrogen-bond donors (Lipinski definition) is 2. The van der Waals surface area contributed by atoms with Crippen molar-refractivity contribution in [2.24, 2.45) is 0 Å². The lowest BCUT2D eigenvalue weighted by atomic mass is 9.98. The number of halogens is 2. The van der Waals surface area contributed by atoms with Crippen molar-refractivity contribution < 1.29 is 24.2 Å². The second-order valence-corrected chi connectivity index (χ2v) is 6.44. The predicted octanol–water partition coefficient (Wildman–Crippen LogP) is 4.32. The molecule has 0 bridgehead atoms. The number of phenols is 1. The molecule has 0 amide bonds. The first-order valence-electron chi connectivity index (χ1n) is 7.79. The minimum Gasteiger partial charge on any atom is -0.508 e. The molecule has 0 spiro atoms. The summed E-state index contributed by atoms with van der Waals surface area (Å²) in [5.74, 6) is -3.23. The Hall–Kier alpha value is -2.86. The first kappa shape index (κ1) is 17.9. The van der Waals surface area contributed by atoms with Gasteiger partial charge in [-0.2, -0.15) is 0 Å². The van der Waals surface area contributed by atoms with Crippen LogP contribution in [0.25, 0.3) is 10.9 Å². The van der Waals surface area contributed by atoms with Gasteiger partial charge in [-0.15, -0.1) is 0 Å². The van der Waals surface area contributed by atoms with E-state index in [9.17, 15) is 24.2 Å². The molecule has 0 aliphatic carbocycles. The van der Waals surface area contributed by atoms with Crippen LogP contribution in [0.5, 0.6) is 5.75 Å². The average Bonchev–Trinajstić information content (AvgIpc) is 2.87. The molecular weight excluding hydrogens is 361 g/mol. The summed E-state index contributed by atoms with van der Waals surface area (Å²) in [6.45, 7) is 3.13. The predicted molar refractivity (Wildman–Crippen MR) is 95.5 cm³/mol. The Morgan fingerprint density at radius 2 is 1.88 bits per heavy atom. The van der Waals surface area contributed by atoms with Crippen LogP contribution >= 0.6 is 11.6 Å². The lowest BCUT2D eigenvalue weighted by Crippen LogP contribution is -2.15. The van der Waals surface area contributed by atoms with E-state index >= 15 is 0 Å². The normalized spacial score (nSPS) is 12.3. The molecule has 1 aromatic heterocycles. The van der Waals surface area contributed by atoms with Crippen molar-refractivity contribution in [2.75, 3.05) is 0 Å². The number of carboxylic acid groups (broad SMARTS) is 1. The number of phenolic OH excluding ortho intramolecular Hbond substituents is 1. The highest BCUT2D eigenvalue weighted by atomic mass is 35.5. The van der Waals surface area contributed by atoms with Gasteiger partial charge in [0.25, 0.3) is 5.91 Å². The topological polar surface area (TPSA) is 79.5 Å². The van der Waals surface area contributed by atoms with E-state index in [1.54, 1.807) is 6.92 Å². The van der Waals surface area contributed by atoms with Gasteiger partial charge in [-0.05, 0) is 55.8 Å². The fourth-order valence-corrected chi connectivity index (χ4v) is 3.24. The van der Waals surface area contributed by atoms with E-state index in [4.69, 9.17) is 11.6 Å². The molecule has 0 saturated heterocycles. The number of aliphatic carboxylic acids is 1. The van der Waals surface area contributed by atoms with Gasteiger partial charge < -0.3 is 10.2 Å². The molecule has 0 fully saturated rings. The van der Waals surface area contributed by atoms with Crippen molar-refractivity contribution in [1.82, 2.24) is 4.57 Å². The molecular formula is C19H15ClFNO4. The number of carboxylic acids is 1. The third-order valence-corrected chi connectivity index (χ3v) is 4.72. The van der Waals surface area contributed by atoms with Crippen molar-refractivity contribution in [2.45, 2.75) is 19.8 Å². The van der Waals surface area contributed by atoms with Gasteiger partial charge in [-0.1, -0.05) is 11.6 Å². The lowest BCUT2D eigenvalue weighted by Gasteiger charge is -2.10. The number of carbonyl (C=O) groups excluding carboxylic acids is 1. The molecule has 0 radical (unpaired) electrons. The molecule has 0 aliphatic rings. The standard InChI is InChI=1S/C19H15ClFNO4/c1-9(19(25)26)17-10(2)22(16-6-4-12(23)8-13(16)17)18(24)11-3-5-14(20)15(21)7-11/h3-9,23H,1-2H3,(H,25,26)/t9-/m0/s1. The fourth-order valence-electron chi connectivity index (χ4n) is 3.12. The number of benzene rings is 2. The van der Waals surface area contributed by atoms with Crippen molar-refractivity contribution in [3.8, 4) is 5.75 Å². The molecule has 26 heavy (non-hydrogen) atoms. The Morgan fingerprint density at radius 1 is 1.19 bits per heavy atom. The third kappa shape index (κ3) is 2.82. The lowest BCUT2D eigenvalue weighted by molar-refractivity contribution is -0.138. The number of rotatable bonds is 3. The summed E-state index contributed by atoms with van der Waals surface area (Å²) >= 11 is 5.67. The smallest absolute Gasteiger partial charge is 0.310 e. The second kappa shape index (κ2) is 6.46. The molecule has 2 aromatic carbocycles. The Balaban J connectivity index is 2.29. The highest BCUT2D eigenvalue weighted by Gasteiger charge is 2.26. The summed E-state index contributed by atoms with van der Waals surface area (Å²) in [5.41, 5.74) is 1.35.